The molecule has 0 aliphatic heterocycles. The average Bonchev–Trinajstić information content (AvgIpc) is 2.34. The van der Waals surface area contributed by atoms with Crippen molar-refractivity contribution in [2.75, 3.05) is 12.8 Å². The highest BCUT2D eigenvalue weighted by atomic mass is 16.5. The predicted molar refractivity (Wildman–Crippen MR) is 68.8 cm³/mol. The van der Waals surface area contributed by atoms with Gasteiger partial charge in [-0.15, -0.1) is 0 Å². The summed E-state index contributed by atoms with van der Waals surface area (Å²) in [5.41, 5.74) is 7.35. The number of nitrogens with one attached hydrogen (secondary N) is 1. The maximum Gasteiger partial charge on any atom is 0.220 e. The molecule has 3 N–H and O–H groups in total. The summed E-state index contributed by atoms with van der Waals surface area (Å²) in [6, 6.07) is 5.52. The van der Waals surface area contributed by atoms with Gasteiger partial charge in [0.15, 0.2) is 0 Å². The lowest BCUT2D eigenvalue weighted by Crippen LogP contribution is -2.22. The van der Waals surface area contributed by atoms with Crippen molar-refractivity contribution in [2.24, 2.45) is 0 Å². The Morgan fingerprint density at radius 1 is 1.47 bits per heavy atom. The number of carbonyl (C=O) groups excluding carboxylic acids is 1. The summed E-state index contributed by atoms with van der Waals surface area (Å²) in [6.07, 6.45) is 2.54. The number of benzene rings is 1. The number of anilines is 1. The molecule has 0 spiro atoms. The van der Waals surface area contributed by atoms with Crippen molar-refractivity contribution in [3.63, 3.8) is 0 Å². The molecule has 1 aromatic carbocycles. The molecule has 0 saturated carbocycles. The lowest BCUT2D eigenvalue weighted by Gasteiger charge is -2.08. The first-order valence-electron chi connectivity index (χ1n) is 5.86. The van der Waals surface area contributed by atoms with Crippen LogP contribution in [0.5, 0.6) is 5.75 Å². The molecule has 1 aromatic rings. The number of carbonyl (C=O) groups is 1. The Hall–Kier alpha value is -1.71. The molecule has 1 amide bonds. The van der Waals surface area contributed by atoms with Gasteiger partial charge in [-0.3, -0.25) is 4.79 Å². The minimum Gasteiger partial charge on any atom is -0.495 e. The zero-order valence-electron chi connectivity index (χ0n) is 10.5. The number of amides is 1. The Bertz CT molecular complexity index is 378. The molecule has 0 unspecified atom stereocenters. The van der Waals surface area contributed by atoms with Crippen LogP contribution in [0.4, 0.5) is 5.69 Å². The Balaban J connectivity index is 2.47. The summed E-state index contributed by atoms with van der Waals surface area (Å²) in [6.45, 7) is 2.58. The summed E-state index contributed by atoms with van der Waals surface area (Å²) in [7, 11) is 1.58. The van der Waals surface area contributed by atoms with E-state index in [0.29, 0.717) is 24.4 Å². The van der Waals surface area contributed by atoms with Crippen LogP contribution >= 0.6 is 0 Å². The lowest BCUT2D eigenvalue weighted by molar-refractivity contribution is -0.121. The van der Waals surface area contributed by atoms with E-state index in [-0.39, 0.29) is 5.91 Å². The van der Waals surface area contributed by atoms with Crippen LogP contribution in [0.25, 0.3) is 0 Å². The van der Waals surface area contributed by atoms with E-state index in [1.54, 1.807) is 7.11 Å². The van der Waals surface area contributed by atoms with E-state index in [0.717, 1.165) is 18.4 Å². The van der Waals surface area contributed by atoms with Gasteiger partial charge in [-0.25, -0.2) is 0 Å². The van der Waals surface area contributed by atoms with Crippen LogP contribution < -0.4 is 15.8 Å². The smallest absolute Gasteiger partial charge is 0.220 e. The van der Waals surface area contributed by atoms with Crippen molar-refractivity contribution in [3.8, 4) is 5.75 Å². The Kier molecular flexibility index (Phi) is 5.33. The number of hydrogen-bond acceptors (Lipinski definition) is 3. The molecular formula is C13H20N2O2. The fourth-order valence-electron chi connectivity index (χ4n) is 1.52. The molecule has 0 radical (unpaired) electrons. The van der Waals surface area contributed by atoms with Crippen molar-refractivity contribution in [1.82, 2.24) is 5.32 Å². The molecule has 4 nitrogen and oxygen atoms in total. The lowest BCUT2D eigenvalue weighted by atomic mass is 10.2. The summed E-state index contributed by atoms with van der Waals surface area (Å²) in [4.78, 5) is 11.4. The van der Waals surface area contributed by atoms with Crippen molar-refractivity contribution in [1.29, 1.82) is 0 Å². The second kappa shape index (κ2) is 6.78. The van der Waals surface area contributed by atoms with Gasteiger partial charge in [-0.05, 0) is 24.1 Å². The SMILES string of the molecule is CCCCC(=O)NCc1ccc(OC)c(N)c1. The molecule has 0 aliphatic carbocycles. The van der Waals surface area contributed by atoms with E-state index in [4.69, 9.17) is 10.5 Å². The van der Waals surface area contributed by atoms with Crippen LogP contribution in [0, 0.1) is 0 Å². The monoisotopic (exact) mass is 236 g/mol. The normalized spacial score (nSPS) is 10.0. The minimum atomic E-state index is 0.0845. The number of rotatable bonds is 6. The van der Waals surface area contributed by atoms with Gasteiger partial charge in [0.05, 0.1) is 12.8 Å². The van der Waals surface area contributed by atoms with Gasteiger partial charge in [-0.1, -0.05) is 19.4 Å². The van der Waals surface area contributed by atoms with E-state index in [1.807, 2.05) is 18.2 Å². The van der Waals surface area contributed by atoms with Crippen molar-refractivity contribution in [2.45, 2.75) is 32.7 Å². The maximum atomic E-state index is 11.4. The Morgan fingerprint density at radius 3 is 2.82 bits per heavy atom. The van der Waals surface area contributed by atoms with Crippen molar-refractivity contribution in [3.05, 3.63) is 23.8 Å². The van der Waals surface area contributed by atoms with Crippen LogP contribution in [0.1, 0.15) is 31.7 Å². The quantitative estimate of drug-likeness (QED) is 0.743. The largest absolute Gasteiger partial charge is 0.495 e. The summed E-state index contributed by atoms with van der Waals surface area (Å²) < 4.78 is 5.07. The average molecular weight is 236 g/mol. The van der Waals surface area contributed by atoms with Gasteiger partial charge in [0, 0.05) is 13.0 Å². The van der Waals surface area contributed by atoms with E-state index in [9.17, 15) is 4.79 Å². The number of methoxy groups -OCH3 is 1. The highest BCUT2D eigenvalue weighted by Crippen LogP contribution is 2.21. The first-order chi connectivity index (χ1) is 8.17. The van der Waals surface area contributed by atoms with E-state index < -0.39 is 0 Å². The molecule has 94 valence electrons. The molecule has 0 aromatic heterocycles. The van der Waals surface area contributed by atoms with Gasteiger partial charge in [-0.2, -0.15) is 0 Å². The van der Waals surface area contributed by atoms with Gasteiger partial charge in [0.2, 0.25) is 5.91 Å². The topological polar surface area (TPSA) is 64.3 Å². The Morgan fingerprint density at radius 2 is 2.24 bits per heavy atom. The van der Waals surface area contributed by atoms with E-state index in [2.05, 4.69) is 12.2 Å². The van der Waals surface area contributed by atoms with Gasteiger partial charge < -0.3 is 15.8 Å². The molecule has 17 heavy (non-hydrogen) atoms. The van der Waals surface area contributed by atoms with Crippen molar-refractivity contribution >= 4 is 11.6 Å². The molecule has 0 saturated heterocycles. The molecule has 0 fully saturated rings. The van der Waals surface area contributed by atoms with Gasteiger partial charge in [0.25, 0.3) is 0 Å². The standard InChI is InChI=1S/C13H20N2O2/c1-3-4-5-13(16)15-9-10-6-7-12(17-2)11(14)8-10/h6-8H,3-5,9,14H2,1-2H3,(H,15,16). The Labute approximate surface area is 102 Å². The predicted octanol–water partition coefficient (Wildman–Crippen LogP) is 2.08. The van der Waals surface area contributed by atoms with E-state index >= 15 is 0 Å². The molecule has 0 aliphatic rings. The molecule has 0 bridgehead atoms. The van der Waals surface area contributed by atoms with Crippen LogP contribution in [0.2, 0.25) is 0 Å². The number of unbranched alkanes of at least 4 members (excludes halogenated alkanes) is 1. The second-order valence-corrected chi connectivity index (χ2v) is 3.96. The minimum absolute atomic E-state index is 0.0845. The van der Waals surface area contributed by atoms with Crippen LogP contribution in [-0.2, 0) is 11.3 Å². The van der Waals surface area contributed by atoms with Crippen LogP contribution in [0.15, 0.2) is 18.2 Å². The first-order valence-corrected chi connectivity index (χ1v) is 5.86. The van der Waals surface area contributed by atoms with Crippen LogP contribution in [0.3, 0.4) is 0 Å². The molecule has 4 heteroatoms. The number of hydrogen-bond donors (Lipinski definition) is 2. The number of ether oxygens (including phenoxy) is 1. The third-order valence-corrected chi connectivity index (χ3v) is 2.54. The number of nitrogen functional groups attached to an aromatic ring is 1. The van der Waals surface area contributed by atoms with Gasteiger partial charge >= 0.3 is 0 Å². The van der Waals surface area contributed by atoms with Crippen LogP contribution in [-0.4, -0.2) is 13.0 Å². The third kappa shape index (κ3) is 4.34. The second-order valence-electron chi connectivity index (χ2n) is 3.96. The third-order valence-electron chi connectivity index (χ3n) is 2.54. The maximum absolute atomic E-state index is 11.4. The van der Waals surface area contributed by atoms with E-state index in [1.165, 1.54) is 0 Å². The fraction of sp³-hybridized carbons (Fsp3) is 0.462. The molecule has 1 rings (SSSR count). The van der Waals surface area contributed by atoms with Gasteiger partial charge in [0.1, 0.15) is 5.75 Å². The van der Waals surface area contributed by atoms with Crippen molar-refractivity contribution < 1.29 is 9.53 Å². The zero-order chi connectivity index (χ0) is 12.7. The first kappa shape index (κ1) is 13.4. The summed E-state index contributed by atoms with van der Waals surface area (Å²) in [5.74, 6) is 0.743. The molecular weight excluding hydrogens is 216 g/mol. The zero-order valence-corrected chi connectivity index (χ0v) is 10.5. The highest BCUT2D eigenvalue weighted by molar-refractivity contribution is 5.75. The highest BCUT2D eigenvalue weighted by Gasteiger charge is 2.03. The summed E-state index contributed by atoms with van der Waals surface area (Å²) in [5, 5.41) is 2.86. The summed E-state index contributed by atoms with van der Waals surface area (Å²) >= 11 is 0. The molecule has 0 heterocycles. The fourth-order valence-corrected chi connectivity index (χ4v) is 1.52. The molecule has 0 atom stereocenters. The number of nitrogens with two attached hydrogens (primary N) is 1.